The molecular formula is C18H26FN5S. The number of thiazole rings is 1. The lowest BCUT2D eigenvalue weighted by atomic mass is 10.1. The van der Waals surface area contributed by atoms with Crippen LogP contribution in [0.5, 0.6) is 0 Å². The minimum Gasteiger partial charge on any atom is -0.356 e. The lowest BCUT2D eigenvalue weighted by molar-refractivity contribution is 0.297. The molecule has 1 heterocycles. The van der Waals surface area contributed by atoms with E-state index >= 15 is 0 Å². The fourth-order valence-corrected chi connectivity index (χ4v) is 3.32. The summed E-state index contributed by atoms with van der Waals surface area (Å²) >= 11 is 1.71. The summed E-state index contributed by atoms with van der Waals surface area (Å²) in [7, 11) is 5.71. The SMILES string of the molecule is CN=C(NCCc1ncc(C)s1)NCC(c1cccc(F)c1)N(C)C. The highest BCUT2D eigenvalue weighted by atomic mass is 32.1. The second kappa shape index (κ2) is 9.48. The average molecular weight is 364 g/mol. The highest BCUT2D eigenvalue weighted by Crippen LogP contribution is 2.18. The summed E-state index contributed by atoms with van der Waals surface area (Å²) in [6, 6.07) is 6.77. The van der Waals surface area contributed by atoms with Crippen LogP contribution < -0.4 is 10.6 Å². The highest BCUT2D eigenvalue weighted by molar-refractivity contribution is 7.11. The van der Waals surface area contributed by atoms with Gasteiger partial charge < -0.3 is 15.5 Å². The summed E-state index contributed by atoms with van der Waals surface area (Å²) in [5.74, 6) is 0.516. The van der Waals surface area contributed by atoms with Gasteiger partial charge in [0.2, 0.25) is 0 Å². The van der Waals surface area contributed by atoms with Gasteiger partial charge in [0.15, 0.2) is 5.96 Å². The van der Waals surface area contributed by atoms with Crippen molar-refractivity contribution in [2.75, 3.05) is 34.2 Å². The molecular weight excluding hydrogens is 337 g/mol. The van der Waals surface area contributed by atoms with Crippen LogP contribution in [0.15, 0.2) is 35.5 Å². The molecule has 5 nitrogen and oxygen atoms in total. The van der Waals surface area contributed by atoms with Crippen molar-refractivity contribution in [2.45, 2.75) is 19.4 Å². The van der Waals surface area contributed by atoms with Crippen LogP contribution in [-0.4, -0.2) is 50.1 Å². The number of benzene rings is 1. The van der Waals surface area contributed by atoms with E-state index in [1.54, 1.807) is 30.5 Å². The lowest BCUT2D eigenvalue weighted by Gasteiger charge is -2.26. The fourth-order valence-electron chi connectivity index (χ4n) is 2.53. The number of hydrogen-bond donors (Lipinski definition) is 2. The maximum absolute atomic E-state index is 13.5. The number of rotatable bonds is 7. The van der Waals surface area contributed by atoms with Gasteiger partial charge in [-0.15, -0.1) is 11.3 Å². The Morgan fingerprint density at radius 1 is 1.36 bits per heavy atom. The molecule has 0 radical (unpaired) electrons. The minimum atomic E-state index is -0.217. The van der Waals surface area contributed by atoms with E-state index in [1.165, 1.54) is 10.9 Å². The van der Waals surface area contributed by atoms with Crippen molar-refractivity contribution in [3.8, 4) is 0 Å². The Labute approximate surface area is 153 Å². The van der Waals surface area contributed by atoms with Gasteiger partial charge in [-0.2, -0.15) is 0 Å². The number of aryl methyl sites for hydroxylation is 1. The number of aromatic nitrogens is 1. The van der Waals surface area contributed by atoms with Gasteiger partial charge in [-0.05, 0) is 38.7 Å². The van der Waals surface area contributed by atoms with Gasteiger partial charge in [0.1, 0.15) is 5.82 Å². The van der Waals surface area contributed by atoms with E-state index in [9.17, 15) is 4.39 Å². The molecule has 0 bridgehead atoms. The second-order valence-corrected chi connectivity index (χ2v) is 7.35. The Morgan fingerprint density at radius 2 is 2.16 bits per heavy atom. The maximum Gasteiger partial charge on any atom is 0.191 e. The molecule has 2 rings (SSSR count). The average Bonchev–Trinajstić information content (AvgIpc) is 2.98. The number of nitrogens with zero attached hydrogens (tertiary/aromatic N) is 3. The molecule has 0 saturated carbocycles. The van der Waals surface area contributed by atoms with Crippen molar-refractivity contribution in [2.24, 2.45) is 4.99 Å². The molecule has 1 aromatic heterocycles. The Kier molecular flexibility index (Phi) is 7.33. The van der Waals surface area contributed by atoms with Crippen LogP contribution in [-0.2, 0) is 6.42 Å². The first-order valence-corrected chi connectivity index (χ1v) is 9.09. The van der Waals surface area contributed by atoms with Gasteiger partial charge in [-0.1, -0.05) is 12.1 Å². The molecule has 25 heavy (non-hydrogen) atoms. The zero-order chi connectivity index (χ0) is 18.2. The third-order valence-corrected chi connectivity index (χ3v) is 4.82. The molecule has 1 atom stereocenters. The van der Waals surface area contributed by atoms with Gasteiger partial charge in [0.05, 0.1) is 11.0 Å². The number of likely N-dealkylation sites (N-methyl/N-ethyl adjacent to an activating group) is 1. The van der Waals surface area contributed by atoms with E-state index in [2.05, 4.69) is 32.4 Å². The van der Waals surface area contributed by atoms with Gasteiger partial charge >= 0.3 is 0 Å². The summed E-state index contributed by atoms with van der Waals surface area (Å²) in [5.41, 5.74) is 0.936. The number of hydrogen-bond acceptors (Lipinski definition) is 4. The third kappa shape index (κ3) is 6.10. The lowest BCUT2D eigenvalue weighted by Crippen LogP contribution is -2.42. The van der Waals surface area contributed by atoms with Crippen LogP contribution >= 0.6 is 11.3 Å². The molecule has 0 aliphatic carbocycles. The van der Waals surface area contributed by atoms with Crippen LogP contribution in [0.4, 0.5) is 4.39 Å². The van der Waals surface area contributed by atoms with Gasteiger partial charge in [-0.3, -0.25) is 4.99 Å². The summed E-state index contributed by atoms with van der Waals surface area (Å²) in [4.78, 5) is 11.9. The predicted molar refractivity (Wildman–Crippen MR) is 103 cm³/mol. The summed E-state index contributed by atoms with van der Waals surface area (Å²) in [6.07, 6.45) is 2.76. The predicted octanol–water partition coefficient (Wildman–Crippen LogP) is 2.60. The van der Waals surface area contributed by atoms with Gasteiger partial charge in [0.25, 0.3) is 0 Å². The van der Waals surface area contributed by atoms with E-state index < -0.39 is 0 Å². The van der Waals surface area contributed by atoms with Crippen molar-refractivity contribution < 1.29 is 4.39 Å². The summed E-state index contributed by atoms with van der Waals surface area (Å²) in [6.45, 7) is 3.45. The molecule has 0 spiro atoms. The molecule has 0 aliphatic heterocycles. The van der Waals surface area contributed by atoms with Crippen LogP contribution in [0.1, 0.15) is 21.5 Å². The smallest absolute Gasteiger partial charge is 0.191 e. The van der Waals surface area contributed by atoms with Gasteiger partial charge in [0, 0.05) is 37.6 Å². The van der Waals surface area contributed by atoms with E-state index in [0.717, 1.165) is 29.5 Å². The second-order valence-electron chi connectivity index (χ2n) is 6.03. The normalized spacial score (nSPS) is 13.1. The Hall–Kier alpha value is -1.99. The number of aliphatic imine (C=N–C) groups is 1. The topological polar surface area (TPSA) is 52.6 Å². The van der Waals surface area contributed by atoms with Crippen LogP contribution in [0.3, 0.4) is 0 Å². The molecule has 0 aliphatic rings. The molecule has 0 fully saturated rings. The molecule has 0 amide bonds. The van der Waals surface area contributed by atoms with Crippen molar-refractivity contribution in [3.63, 3.8) is 0 Å². The number of halogens is 1. The maximum atomic E-state index is 13.5. The van der Waals surface area contributed by atoms with Crippen LogP contribution in [0.2, 0.25) is 0 Å². The molecule has 2 aromatic rings. The first kappa shape index (κ1) is 19.3. The van der Waals surface area contributed by atoms with Crippen LogP contribution in [0.25, 0.3) is 0 Å². The first-order valence-electron chi connectivity index (χ1n) is 8.27. The van der Waals surface area contributed by atoms with Crippen LogP contribution in [0, 0.1) is 12.7 Å². The summed E-state index contributed by atoms with van der Waals surface area (Å²) in [5, 5.41) is 7.73. The molecule has 7 heteroatoms. The molecule has 0 saturated heterocycles. The zero-order valence-electron chi connectivity index (χ0n) is 15.2. The Bertz CT molecular complexity index is 698. The van der Waals surface area contributed by atoms with Crippen molar-refractivity contribution in [1.29, 1.82) is 0 Å². The molecule has 2 N–H and O–H groups in total. The standard InChI is InChI=1S/C18H26FN5S/c1-13-11-22-17(25-13)8-9-21-18(20-2)23-12-16(24(3)4)14-6-5-7-15(19)10-14/h5-7,10-11,16H,8-9,12H2,1-4H3,(H2,20,21,23). The van der Waals surface area contributed by atoms with Crippen molar-refractivity contribution >= 4 is 17.3 Å². The van der Waals surface area contributed by atoms with Crippen molar-refractivity contribution in [1.82, 2.24) is 20.5 Å². The molecule has 136 valence electrons. The Morgan fingerprint density at radius 3 is 2.76 bits per heavy atom. The first-order chi connectivity index (χ1) is 12.0. The number of nitrogens with one attached hydrogen (secondary N) is 2. The van der Waals surface area contributed by atoms with E-state index in [-0.39, 0.29) is 11.9 Å². The Balaban J connectivity index is 1.87. The summed E-state index contributed by atoms with van der Waals surface area (Å²) < 4.78 is 13.5. The highest BCUT2D eigenvalue weighted by Gasteiger charge is 2.15. The van der Waals surface area contributed by atoms with Crippen molar-refractivity contribution in [3.05, 3.63) is 51.7 Å². The zero-order valence-corrected chi connectivity index (χ0v) is 16.0. The van der Waals surface area contributed by atoms with E-state index in [0.29, 0.717) is 6.54 Å². The molecule has 1 unspecified atom stereocenters. The minimum absolute atomic E-state index is 0.0517. The largest absolute Gasteiger partial charge is 0.356 e. The van der Waals surface area contributed by atoms with Gasteiger partial charge in [-0.25, -0.2) is 9.37 Å². The van der Waals surface area contributed by atoms with E-state index in [1.807, 2.05) is 26.4 Å². The molecule has 1 aromatic carbocycles. The third-order valence-electron chi connectivity index (χ3n) is 3.84. The fraction of sp³-hybridized carbons (Fsp3) is 0.444. The number of guanidine groups is 1. The quantitative estimate of drug-likeness (QED) is 0.586. The monoisotopic (exact) mass is 363 g/mol. The van der Waals surface area contributed by atoms with E-state index in [4.69, 9.17) is 0 Å².